The van der Waals surface area contributed by atoms with Crippen molar-refractivity contribution < 1.29 is 4.52 Å². The minimum absolute atomic E-state index is 0.172. The molecule has 2 N–H and O–H groups in total. The van der Waals surface area contributed by atoms with E-state index < -0.39 is 0 Å². The second-order valence-electron chi connectivity index (χ2n) is 2.86. The van der Waals surface area contributed by atoms with Crippen molar-refractivity contribution in [1.29, 1.82) is 0 Å². The van der Waals surface area contributed by atoms with Crippen molar-refractivity contribution in [2.45, 2.75) is 5.25 Å². The fraction of sp³-hybridized carbons (Fsp3) is 0.111. The fourth-order valence-corrected chi connectivity index (χ4v) is 1.41. The molecule has 0 saturated heterocycles. The second kappa shape index (κ2) is 3.71. The molecule has 0 aliphatic rings. The molecule has 4 nitrogen and oxygen atoms in total. The molecule has 2 aromatic rings. The summed E-state index contributed by atoms with van der Waals surface area (Å²) in [5.74, 6) is 0.554. The Kier molecular flexibility index (Phi) is 2.41. The Balaban J connectivity index is 2.28. The molecule has 0 radical (unpaired) electrons. The molecule has 1 aromatic carbocycles. The van der Waals surface area contributed by atoms with E-state index >= 15 is 0 Å². The third-order valence-corrected chi connectivity index (χ3v) is 2.40. The average Bonchev–Trinajstić information content (AvgIpc) is 2.71. The molecule has 2 rings (SSSR count). The Morgan fingerprint density at radius 3 is 2.57 bits per heavy atom. The Morgan fingerprint density at radius 2 is 2.00 bits per heavy atom. The quantitative estimate of drug-likeness (QED) is 0.580. The van der Waals surface area contributed by atoms with Crippen molar-refractivity contribution >= 4 is 18.3 Å². The number of hydrogen-bond donors (Lipinski definition) is 2. The lowest BCUT2D eigenvalue weighted by Gasteiger charge is -2.05. The van der Waals surface area contributed by atoms with E-state index in [0.29, 0.717) is 5.82 Å². The predicted octanol–water partition coefficient (Wildman–Crippen LogP) is 1.67. The van der Waals surface area contributed by atoms with Crippen LogP contribution in [0.25, 0.3) is 0 Å². The molecule has 0 amide bonds. The van der Waals surface area contributed by atoms with E-state index in [-0.39, 0.29) is 5.25 Å². The molecule has 14 heavy (non-hydrogen) atoms. The molecule has 1 aromatic heterocycles. The lowest BCUT2D eigenvalue weighted by Crippen LogP contribution is -1.96. The third kappa shape index (κ3) is 1.72. The van der Waals surface area contributed by atoms with Crippen LogP contribution in [-0.4, -0.2) is 10.1 Å². The number of aromatic nitrogens is 2. The van der Waals surface area contributed by atoms with Crippen molar-refractivity contribution in [1.82, 2.24) is 10.1 Å². The van der Waals surface area contributed by atoms with Crippen molar-refractivity contribution in [2.24, 2.45) is 0 Å². The zero-order chi connectivity index (χ0) is 9.97. The Labute approximate surface area is 86.5 Å². The number of nitrogens with two attached hydrogens (primary N) is 1. The maximum atomic E-state index is 5.57. The van der Waals surface area contributed by atoms with Crippen LogP contribution in [0, 0.1) is 0 Å². The van der Waals surface area contributed by atoms with Crippen LogP contribution in [0.4, 0.5) is 5.69 Å². The molecule has 0 spiro atoms. The average molecular weight is 207 g/mol. The number of rotatable bonds is 2. The lowest BCUT2D eigenvalue weighted by atomic mass is 10.1. The lowest BCUT2D eigenvalue weighted by molar-refractivity contribution is 0.411. The number of nitrogens with zero attached hydrogens (tertiary/aromatic N) is 2. The summed E-state index contributed by atoms with van der Waals surface area (Å²) in [6, 6.07) is 7.42. The standard InChI is InChI=1S/C9H9N3OS/c10-7-3-1-6(2-4-7)8(14)9-11-5-13-12-9/h1-5,8,14H,10H2. The monoisotopic (exact) mass is 207 g/mol. The van der Waals surface area contributed by atoms with Crippen LogP contribution in [-0.2, 0) is 0 Å². The first-order valence-electron chi connectivity index (χ1n) is 4.07. The van der Waals surface area contributed by atoms with Gasteiger partial charge in [0.15, 0.2) is 5.82 Å². The summed E-state index contributed by atoms with van der Waals surface area (Å²) in [5, 5.41) is 3.55. The van der Waals surface area contributed by atoms with Gasteiger partial charge in [0.1, 0.15) is 0 Å². The van der Waals surface area contributed by atoms with Crippen molar-refractivity contribution in [2.75, 3.05) is 5.73 Å². The molecule has 0 saturated carbocycles. The van der Waals surface area contributed by atoms with Crippen LogP contribution in [0.2, 0.25) is 0 Å². The van der Waals surface area contributed by atoms with Gasteiger partial charge in [-0.25, -0.2) is 0 Å². The largest absolute Gasteiger partial charge is 0.399 e. The second-order valence-corrected chi connectivity index (χ2v) is 3.38. The first-order chi connectivity index (χ1) is 6.77. The molecule has 0 aliphatic heterocycles. The Morgan fingerprint density at radius 1 is 1.29 bits per heavy atom. The maximum Gasteiger partial charge on any atom is 0.213 e. The van der Waals surface area contributed by atoms with Gasteiger partial charge in [-0.1, -0.05) is 17.3 Å². The summed E-state index contributed by atoms with van der Waals surface area (Å²) in [5.41, 5.74) is 7.28. The number of nitrogen functional groups attached to an aromatic ring is 1. The third-order valence-electron chi connectivity index (χ3n) is 1.88. The molecular weight excluding hydrogens is 198 g/mol. The van der Waals surface area contributed by atoms with E-state index in [2.05, 4.69) is 27.3 Å². The van der Waals surface area contributed by atoms with Crippen LogP contribution in [0.5, 0.6) is 0 Å². The maximum absolute atomic E-state index is 5.57. The van der Waals surface area contributed by atoms with Gasteiger partial charge in [-0.3, -0.25) is 0 Å². The SMILES string of the molecule is Nc1ccc(C(S)c2ncon2)cc1. The summed E-state index contributed by atoms with van der Waals surface area (Å²) in [7, 11) is 0. The minimum Gasteiger partial charge on any atom is -0.399 e. The highest BCUT2D eigenvalue weighted by Gasteiger charge is 2.13. The van der Waals surface area contributed by atoms with E-state index in [1.165, 1.54) is 6.39 Å². The molecule has 1 heterocycles. The molecular formula is C9H9N3OS. The minimum atomic E-state index is -0.172. The van der Waals surface area contributed by atoms with E-state index in [0.717, 1.165) is 11.3 Å². The van der Waals surface area contributed by atoms with Gasteiger partial charge in [-0.2, -0.15) is 17.6 Å². The van der Waals surface area contributed by atoms with Gasteiger partial charge in [0.2, 0.25) is 6.39 Å². The molecule has 5 heteroatoms. The normalized spacial score (nSPS) is 12.6. The summed E-state index contributed by atoms with van der Waals surface area (Å²) < 4.78 is 4.65. The molecule has 0 aliphatic carbocycles. The van der Waals surface area contributed by atoms with Crippen molar-refractivity contribution in [3.63, 3.8) is 0 Å². The molecule has 0 fully saturated rings. The topological polar surface area (TPSA) is 64.9 Å². The molecule has 0 bridgehead atoms. The van der Waals surface area contributed by atoms with Gasteiger partial charge >= 0.3 is 0 Å². The Hall–Kier alpha value is -1.49. The Bertz CT molecular complexity index is 399. The molecule has 1 atom stereocenters. The smallest absolute Gasteiger partial charge is 0.213 e. The van der Waals surface area contributed by atoms with Crippen molar-refractivity contribution in [3.8, 4) is 0 Å². The van der Waals surface area contributed by atoms with Crippen molar-refractivity contribution in [3.05, 3.63) is 42.0 Å². The van der Waals surface area contributed by atoms with E-state index in [1.54, 1.807) is 0 Å². The van der Waals surface area contributed by atoms with E-state index in [4.69, 9.17) is 5.73 Å². The van der Waals surface area contributed by atoms with Gasteiger partial charge in [0.25, 0.3) is 0 Å². The number of thiol groups is 1. The number of hydrogen-bond acceptors (Lipinski definition) is 5. The van der Waals surface area contributed by atoms with Crippen LogP contribution in [0.1, 0.15) is 16.6 Å². The predicted molar refractivity (Wildman–Crippen MR) is 56.0 cm³/mol. The van der Waals surface area contributed by atoms with Gasteiger partial charge in [-0.05, 0) is 17.7 Å². The fourth-order valence-electron chi connectivity index (χ4n) is 1.13. The van der Waals surface area contributed by atoms with Gasteiger partial charge in [0, 0.05) is 5.69 Å². The zero-order valence-corrected chi connectivity index (χ0v) is 8.19. The van der Waals surface area contributed by atoms with Crippen LogP contribution in [0.3, 0.4) is 0 Å². The first kappa shape index (κ1) is 9.08. The van der Waals surface area contributed by atoms with Crippen LogP contribution >= 0.6 is 12.6 Å². The highest BCUT2D eigenvalue weighted by Crippen LogP contribution is 2.25. The number of benzene rings is 1. The summed E-state index contributed by atoms with van der Waals surface area (Å²) in [6.07, 6.45) is 1.29. The summed E-state index contributed by atoms with van der Waals surface area (Å²) in [4.78, 5) is 3.93. The molecule has 1 unspecified atom stereocenters. The van der Waals surface area contributed by atoms with Gasteiger partial charge in [0.05, 0.1) is 5.25 Å². The van der Waals surface area contributed by atoms with Crippen LogP contribution in [0.15, 0.2) is 35.2 Å². The zero-order valence-electron chi connectivity index (χ0n) is 7.29. The van der Waals surface area contributed by atoms with Crippen LogP contribution < -0.4 is 5.73 Å². The summed E-state index contributed by atoms with van der Waals surface area (Å²) >= 11 is 4.38. The van der Waals surface area contributed by atoms with E-state index in [1.807, 2.05) is 24.3 Å². The number of anilines is 1. The van der Waals surface area contributed by atoms with E-state index in [9.17, 15) is 0 Å². The first-order valence-corrected chi connectivity index (χ1v) is 4.59. The highest BCUT2D eigenvalue weighted by atomic mass is 32.1. The molecule has 72 valence electrons. The summed E-state index contributed by atoms with van der Waals surface area (Å²) in [6.45, 7) is 0. The van der Waals surface area contributed by atoms with Gasteiger partial charge in [-0.15, -0.1) is 0 Å². The van der Waals surface area contributed by atoms with Gasteiger partial charge < -0.3 is 10.3 Å². The highest BCUT2D eigenvalue weighted by molar-refractivity contribution is 7.80.